The maximum atomic E-state index is 13.9. The monoisotopic (exact) mass is 584 g/mol. The van der Waals surface area contributed by atoms with Crippen LogP contribution in [0.1, 0.15) is 28.4 Å². The first-order valence-electron chi connectivity index (χ1n) is 13.9. The third-order valence-electron chi connectivity index (χ3n) is 7.33. The zero-order chi connectivity index (χ0) is 29.1. The highest BCUT2D eigenvalue weighted by molar-refractivity contribution is 8.00. The van der Waals surface area contributed by atoms with Crippen LogP contribution in [0, 0.1) is 6.92 Å². The minimum absolute atomic E-state index is 0.126. The van der Waals surface area contributed by atoms with Gasteiger partial charge in [-0.2, -0.15) is 5.10 Å². The number of methoxy groups -OCH3 is 1. The van der Waals surface area contributed by atoms with E-state index in [1.807, 2.05) is 84.4 Å². The van der Waals surface area contributed by atoms with Crippen molar-refractivity contribution in [2.24, 2.45) is 0 Å². The van der Waals surface area contributed by atoms with Crippen molar-refractivity contribution in [1.82, 2.24) is 15.1 Å². The van der Waals surface area contributed by atoms with E-state index in [1.165, 1.54) is 11.8 Å². The lowest BCUT2D eigenvalue weighted by Gasteiger charge is -2.23. The summed E-state index contributed by atoms with van der Waals surface area (Å²) in [6, 6.07) is 23.8. The maximum Gasteiger partial charge on any atom is 0.240 e. The Morgan fingerprint density at radius 2 is 1.86 bits per heavy atom. The number of hydrogen-bond acceptors (Lipinski definition) is 7. The summed E-state index contributed by atoms with van der Waals surface area (Å²) in [6.45, 7) is 3.07. The van der Waals surface area contributed by atoms with Crippen molar-refractivity contribution in [1.29, 1.82) is 0 Å². The third kappa shape index (κ3) is 5.47. The molecule has 2 aliphatic rings. The van der Waals surface area contributed by atoms with Gasteiger partial charge in [0.05, 0.1) is 22.4 Å². The van der Waals surface area contributed by atoms with Crippen molar-refractivity contribution in [2.45, 2.75) is 18.6 Å². The van der Waals surface area contributed by atoms with Crippen LogP contribution in [0.2, 0.25) is 0 Å². The molecule has 2 amide bonds. The number of para-hydroxylation sites is 1. The van der Waals surface area contributed by atoms with Gasteiger partial charge < -0.3 is 19.5 Å². The second-order valence-corrected chi connectivity index (χ2v) is 11.2. The number of thioether (sulfide) groups is 1. The van der Waals surface area contributed by atoms with Gasteiger partial charge in [-0.15, -0.1) is 11.8 Å². The van der Waals surface area contributed by atoms with E-state index in [9.17, 15) is 9.59 Å². The highest BCUT2D eigenvalue weighted by Gasteiger charge is 2.38. The predicted octanol–water partition coefficient (Wildman–Crippen LogP) is 4.90. The molecule has 6 rings (SSSR count). The summed E-state index contributed by atoms with van der Waals surface area (Å²) in [5, 5.41) is 7.84. The smallest absolute Gasteiger partial charge is 0.240 e. The molecule has 10 heteroatoms. The standard InChI is InChI=1S/C32H32N4O5S/c1-21-9-6-7-12-24(21)36-32-29(30(34-36)22-10-4-3-5-11-22)31(23-13-14-25-26(17-23)41-20-40-25)42-19-28(38)35(32)18-27(37)33-15-8-16-39-2/h3-7,9-14,17,31H,8,15-16,18-20H2,1-2H3,(H,33,37)/t31-/m0/s1. The number of nitrogens with zero attached hydrogens (tertiary/aromatic N) is 3. The first-order valence-corrected chi connectivity index (χ1v) is 14.9. The molecule has 42 heavy (non-hydrogen) atoms. The predicted molar refractivity (Wildman–Crippen MR) is 162 cm³/mol. The Morgan fingerprint density at radius 3 is 2.67 bits per heavy atom. The Bertz CT molecular complexity index is 1610. The van der Waals surface area contributed by atoms with Crippen LogP contribution < -0.4 is 19.7 Å². The first kappa shape index (κ1) is 27.9. The first-order chi connectivity index (χ1) is 20.5. The molecule has 0 saturated carbocycles. The fraction of sp³-hybridized carbons (Fsp3) is 0.281. The minimum atomic E-state index is -0.263. The van der Waals surface area contributed by atoms with Crippen LogP contribution in [0.25, 0.3) is 16.9 Å². The molecule has 0 radical (unpaired) electrons. The molecule has 1 aromatic heterocycles. The number of nitrogens with one attached hydrogen (secondary N) is 1. The van der Waals surface area contributed by atoms with Crippen LogP contribution in [-0.2, 0) is 14.3 Å². The van der Waals surface area contributed by atoms with E-state index in [2.05, 4.69) is 5.32 Å². The van der Waals surface area contributed by atoms with Crippen LogP contribution >= 0.6 is 11.8 Å². The van der Waals surface area contributed by atoms with Gasteiger partial charge in [-0.05, 0) is 42.7 Å². The number of benzene rings is 3. The highest BCUT2D eigenvalue weighted by atomic mass is 32.2. The van der Waals surface area contributed by atoms with Gasteiger partial charge in [0.25, 0.3) is 0 Å². The summed E-state index contributed by atoms with van der Waals surface area (Å²) < 4.78 is 18.2. The normalized spacial score (nSPS) is 15.8. The van der Waals surface area contributed by atoms with Crippen molar-refractivity contribution in [3.8, 4) is 28.4 Å². The van der Waals surface area contributed by atoms with Gasteiger partial charge in [-0.3, -0.25) is 14.5 Å². The Balaban J connectivity index is 1.54. The molecule has 9 nitrogen and oxygen atoms in total. The fourth-order valence-corrected chi connectivity index (χ4v) is 6.47. The lowest BCUT2D eigenvalue weighted by Crippen LogP contribution is -2.42. The average molecular weight is 585 g/mol. The molecule has 1 N–H and O–H groups in total. The van der Waals surface area contributed by atoms with E-state index in [4.69, 9.17) is 19.3 Å². The van der Waals surface area contributed by atoms with Crippen LogP contribution in [-0.4, -0.2) is 60.9 Å². The van der Waals surface area contributed by atoms with Gasteiger partial charge >= 0.3 is 0 Å². The summed E-state index contributed by atoms with van der Waals surface area (Å²) in [7, 11) is 1.63. The number of aromatic nitrogens is 2. The Labute approximate surface area is 248 Å². The molecule has 0 spiro atoms. The topological polar surface area (TPSA) is 94.9 Å². The number of carbonyl (C=O) groups excluding carboxylic acids is 2. The van der Waals surface area contributed by atoms with Gasteiger partial charge in [0.2, 0.25) is 18.6 Å². The van der Waals surface area contributed by atoms with E-state index in [0.717, 1.165) is 33.6 Å². The molecule has 3 aromatic carbocycles. The molecule has 3 heterocycles. The fourth-order valence-electron chi connectivity index (χ4n) is 5.28. The molecule has 4 aromatic rings. The molecule has 1 atom stereocenters. The number of carbonyl (C=O) groups is 2. The number of fused-ring (bicyclic) bond motifs is 2. The van der Waals surface area contributed by atoms with Crippen LogP contribution in [0.15, 0.2) is 72.8 Å². The van der Waals surface area contributed by atoms with Crippen molar-refractivity contribution in [3.63, 3.8) is 0 Å². The minimum Gasteiger partial charge on any atom is -0.454 e. The number of aryl methyl sites for hydroxylation is 1. The second kappa shape index (κ2) is 12.3. The zero-order valence-corrected chi connectivity index (χ0v) is 24.4. The van der Waals surface area contributed by atoms with Crippen LogP contribution in [0.4, 0.5) is 5.82 Å². The van der Waals surface area contributed by atoms with Crippen LogP contribution in [0.5, 0.6) is 11.5 Å². The third-order valence-corrected chi connectivity index (χ3v) is 8.58. The van der Waals surface area contributed by atoms with E-state index in [0.29, 0.717) is 36.9 Å². The van der Waals surface area contributed by atoms with Gasteiger partial charge in [0, 0.05) is 31.4 Å². The molecular weight excluding hydrogens is 552 g/mol. The van der Waals surface area contributed by atoms with E-state index < -0.39 is 0 Å². The molecule has 0 bridgehead atoms. The Kier molecular flexibility index (Phi) is 8.16. The quantitative estimate of drug-likeness (QED) is 0.280. The number of anilines is 1. The lowest BCUT2D eigenvalue weighted by molar-refractivity contribution is -0.122. The van der Waals surface area contributed by atoms with E-state index >= 15 is 0 Å². The van der Waals surface area contributed by atoms with Gasteiger partial charge in [0.1, 0.15) is 12.4 Å². The molecule has 0 fully saturated rings. The summed E-state index contributed by atoms with van der Waals surface area (Å²) >= 11 is 1.52. The number of rotatable bonds is 9. The Morgan fingerprint density at radius 1 is 1.07 bits per heavy atom. The lowest BCUT2D eigenvalue weighted by atomic mass is 9.99. The van der Waals surface area contributed by atoms with Crippen molar-refractivity contribution in [2.75, 3.05) is 44.3 Å². The highest BCUT2D eigenvalue weighted by Crippen LogP contribution is 2.50. The van der Waals surface area contributed by atoms with Gasteiger partial charge in [0.15, 0.2) is 11.5 Å². The second-order valence-electron chi connectivity index (χ2n) is 10.1. The number of amides is 2. The molecule has 216 valence electrons. The molecule has 0 saturated heterocycles. The van der Waals surface area contributed by atoms with Crippen LogP contribution in [0.3, 0.4) is 0 Å². The summed E-state index contributed by atoms with van der Waals surface area (Å²) in [4.78, 5) is 28.7. The maximum absolute atomic E-state index is 13.9. The molecule has 0 aliphatic carbocycles. The number of ether oxygens (including phenoxy) is 3. The summed E-state index contributed by atoms with van der Waals surface area (Å²) in [6.07, 6.45) is 0.683. The largest absolute Gasteiger partial charge is 0.454 e. The van der Waals surface area contributed by atoms with E-state index in [-0.39, 0.29) is 36.2 Å². The van der Waals surface area contributed by atoms with Crippen molar-refractivity contribution < 1.29 is 23.8 Å². The van der Waals surface area contributed by atoms with Gasteiger partial charge in [-0.25, -0.2) is 4.68 Å². The zero-order valence-electron chi connectivity index (χ0n) is 23.5. The van der Waals surface area contributed by atoms with Crippen molar-refractivity contribution >= 4 is 29.4 Å². The summed E-state index contributed by atoms with van der Waals surface area (Å²) in [5.74, 6) is 1.74. The van der Waals surface area contributed by atoms with Crippen molar-refractivity contribution in [3.05, 3.63) is 89.5 Å². The summed E-state index contributed by atoms with van der Waals surface area (Å²) in [5.41, 5.74) is 5.34. The SMILES string of the molecule is COCCCNC(=O)CN1C(=O)CS[C@@H](c2ccc3c(c2)OCO3)c2c(-c3ccccc3)nn(-c3ccccc3C)c21. The molecule has 0 unspecified atom stereocenters. The average Bonchev–Trinajstić information content (AvgIpc) is 3.61. The molecule has 2 aliphatic heterocycles. The Hall–Kier alpha value is -4.28. The number of hydrogen-bond donors (Lipinski definition) is 1. The van der Waals surface area contributed by atoms with Gasteiger partial charge in [-0.1, -0.05) is 54.6 Å². The van der Waals surface area contributed by atoms with E-state index in [1.54, 1.807) is 12.0 Å². The molecular formula is C32H32N4O5S.